The highest BCUT2D eigenvalue weighted by atomic mass is 32.2. The first-order valence-corrected chi connectivity index (χ1v) is 7.46. The van der Waals surface area contributed by atoms with E-state index in [4.69, 9.17) is 0 Å². The van der Waals surface area contributed by atoms with Crippen LogP contribution in [0.25, 0.3) is 0 Å². The Morgan fingerprint density at radius 1 is 1.29 bits per heavy atom. The molecule has 0 amide bonds. The summed E-state index contributed by atoms with van der Waals surface area (Å²) in [6.07, 6.45) is 2.34. The van der Waals surface area contributed by atoms with Crippen LogP contribution in [0, 0.1) is 6.92 Å². The third-order valence-corrected chi connectivity index (χ3v) is 3.96. The molecule has 0 spiro atoms. The van der Waals surface area contributed by atoms with E-state index in [1.165, 1.54) is 5.56 Å². The molecule has 0 bridgehead atoms. The summed E-state index contributed by atoms with van der Waals surface area (Å²) < 4.78 is 11.8. The molecule has 0 aliphatic rings. The van der Waals surface area contributed by atoms with E-state index in [1.54, 1.807) is 6.92 Å². The van der Waals surface area contributed by atoms with Gasteiger partial charge in [0.25, 0.3) is 0 Å². The molecule has 0 aliphatic carbocycles. The van der Waals surface area contributed by atoms with Gasteiger partial charge >= 0.3 is 0 Å². The van der Waals surface area contributed by atoms with Crippen LogP contribution >= 0.6 is 0 Å². The molecule has 1 atom stereocenters. The van der Waals surface area contributed by atoms with E-state index in [2.05, 4.69) is 6.07 Å². The molecule has 94 valence electrons. The maximum Gasteiger partial charge on any atom is 0.129 e. The van der Waals surface area contributed by atoms with Gasteiger partial charge in [-0.05, 0) is 32.3 Å². The smallest absolute Gasteiger partial charge is 0.129 e. The molecular formula is C14H20O2S. The van der Waals surface area contributed by atoms with E-state index >= 15 is 0 Å². The van der Waals surface area contributed by atoms with Crippen molar-refractivity contribution in [3.63, 3.8) is 0 Å². The minimum absolute atomic E-state index is 0.217. The number of benzene rings is 1. The van der Waals surface area contributed by atoms with Crippen LogP contribution in [0.3, 0.4) is 0 Å². The Balaban J connectivity index is 2.27. The summed E-state index contributed by atoms with van der Waals surface area (Å²) in [4.78, 5) is 10.7. The van der Waals surface area contributed by atoms with Crippen molar-refractivity contribution in [3.05, 3.63) is 35.4 Å². The third-order valence-electron chi connectivity index (χ3n) is 2.56. The largest absolute Gasteiger partial charge is 0.300 e. The third kappa shape index (κ3) is 6.37. The fourth-order valence-corrected chi connectivity index (χ4v) is 2.92. The number of carbonyl (C=O) groups excluding carboxylic acids is 1. The van der Waals surface area contributed by atoms with Crippen molar-refractivity contribution in [2.45, 2.75) is 38.9 Å². The molecule has 0 aromatic heterocycles. The molecule has 0 saturated carbocycles. The van der Waals surface area contributed by atoms with Crippen molar-refractivity contribution < 1.29 is 9.00 Å². The first kappa shape index (κ1) is 14.1. The quantitative estimate of drug-likeness (QED) is 0.699. The Morgan fingerprint density at radius 3 is 2.71 bits per heavy atom. The molecule has 0 heterocycles. The number of Topliss-reactive ketones (excluding diaryl/α,β-unsaturated/α-hetero) is 1. The van der Waals surface area contributed by atoms with Crippen LogP contribution in [-0.2, 0) is 21.3 Å². The van der Waals surface area contributed by atoms with Gasteiger partial charge in [-0.1, -0.05) is 29.8 Å². The van der Waals surface area contributed by atoms with E-state index in [0.29, 0.717) is 17.9 Å². The molecule has 0 radical (unpaired) electrons. The molecule has 1 aromatic rings. The summed E-state index contributed by atoms with van der Waals surface area (Å²) in [6, 6.07) is 8.13. The van der Waals surface area contributed by atoms with Crippen molar-refractivity contribution in [2.75, 3.05) is 5.75 Å². The van der Waals surface area contributed by atoms with Gasteiger partial charge < -0.3 is 4.79 Å². The molecule has 0 fully saturated rings. The van der Waals surface area contributed by atoms with Gasteiger partial charge in [-0.2, -0.15) is 0 Å². The minimum atomic E-state index is -0.805. The van der Waals surface area contributed by atoms with Crippen molar-refractivity contribution in [3.8, 4) is 0 Å². The van der Waals surface area contributed by atoms with E-state index in [9.17, 15) is 9.00 Å². The molecule has 2 nitrogen and oxygen atoms in total. The molecule has 1 rings (SSSR count). The maximum atomic E-state index is 11.8. The van der Waals surface area contributed by atoms with Crippen LogP contribution in [0.5, 0.6) is 0 Å². The molecule has 0 aliphatic heterocycles. The number of hydrogen-bond donors (Lipinski definition) is 0. The van der Waals surface area contributed by atoms with E-state index in [-0.39, 0.29) is 5.78 Å². The van der Waals surface area contributed by atoms with Gasteiger partial charge in [0.05, 0.1) is 0 Å². The van der Waals surface area contributed by atoms with E-state index < -0.39 is 10.8 Å². The Hall–Kier alpha value is -0.960. The minimum Gasteiger partial charge on any atom is -0.300 e. The number of hydrogen-bond acceptors (Lipinski definition) is 2. The second kappa shape index (κ2) is 7.38. The van der Waals surface area contributed by atoms with Gasteiger partial charge in [-0.15, -0.1) is 0 Å². The average Bonchev–Trinajstić information content (AvgIpc) is 2.24. The van der Waals surface area contributed by atoms with Crippen LogP contribution in [-0.4, -0.2) is 15.7 Å². The lowest BCUT2D eigenvalue weighted by Crippen LogP contribution is -2.02. The lowest BCUT2D eigenvalue weighted by Gasteiger charge is -2.03. The van der Waals surface area contributed by atoms with Crippen LogP contribution in [0.4, 0.5) is 0 Å². The Kier molecular flexibility index (Phi) is 6.12. The van der Waals surface area contributed by atoms with Crippen molar-refractivity contribution >= 4 is 16.6 Å². The van der Waals surface area contributed by atoms with E-state index in [1.807, 2.05) is 25.1 Å². The summed E-state index contributed by atoms with van der Waals surface area (Å²) >= 11 is 0. The van der Waals surface area contributed by atoms with Crippen molar-refractivity contribution in [1.82, 2.24) is 0 Å². The Morgan fingerprint density at radius 2 is 2.06 bits per heavy atom. The fourth-order valence-electron chi connectivity index (χ4n) is 1.70. The fraction of sp³-hybridized carbons (Fsp3) is 0.500. The summed E-state index contributed by atoms with van der Waals surface area (Å²) in [5, 5.41) is 0. The number of rotatable bonds is 7. The molecule has 0 N–H and O–H groups in total. The molecular weight excluding hydrogens is 232 g/mol. The zero-order chi connectivity index (χ0) is 12.7. The Bertz CT molecular complexity index is 399. The summed E-state index contributed by atoms with van der Waals surface area (Å²) in [5.41, 5.74) is 2.34. The molecule has 3 heteroatoms. The van der Waals surface area contributed by atoms with Gasteiger partial charge in [-0.25, -0.2) is 0 Å². The molecule has 1 unspecified atom stereocenters. The first-order chi connectivity index (χ1) is 8.08. The van der Waals surface area contributed by atoms with Crippen LogP contribution in [0.15, 0.2) is 24.3 Å². The maximum absolute atomic E-state index is 11.8. The predicted molar refractivity (Wildman–Crippen MR) is 72.4 cm³/mol. The van der Waals surface area contributed by atoms with Gasteiger partial charge in [-0.3, -0.25) is 4.21 Å². The summed E-state index contributed by atoms with van der Waals surface area (Å²) in [6.45, 7) is 3.64. The number of unbranched alkanes of at least 4 members (excludes halogenated alkanes) is 1. The average molecular weight is 252 g/mol. The SMILES string of the molecule is CC(=O)CCCCS(=O)Cc1cccc(C)c1. The van der Waals surface area contributed by atoms with Gasteiger partial charge in [0.1, 0.15) is 5.78 Å². The standard InChI is InChI=1S/C14H20O2S/c1-12-6-5-8-14(10-12)11-17(16)9-4-3-7-13(2)15/h5-6,8,10H,3-4,7,9,11H2,1-2H3. The first-order valence-electron chi connectivity index (χ1n) is 5.98. The summed E-state index contributed by atoms with van der Waals surface area (Å²) in [5.74, 6) is 1.54. The van der Waals surface area contributed by atoms with E-state index in [0.717, 1.165) is 18.4 Å². The summed E-state index contributed by atoms with van der Waals surface area (Å²) in [7, 11) is -0.805. The van der Waals surface area contributed by atoms with Gasteiger partial charge in [0, 0.05) is 28.7 Å². The highest BCUT2D eigenvalue weighted by Gasteiger charge is 2.02. The molecule has 17 heavy (non-hydrogen) atoms. The monoisotopic (exact) mass is 252 g/mol. The zero-order valence-electron chi connectivity index (χ0n) is 10.6. The van der Waals surface area contributed by atoms with Crippen LogP contribution in [0.1, 0.15) is 37.3 Å². The second-order valence-corrected chi connectivity index (χ2v) is 6.01. The van der Waals surface area contributed by atoms with Gasteiger partial charge in [0.15, 0.2) is 0 Å². The Labute approximate surface area is 106 Å². The zero-order valence-corrected chi connectivity index (χ0v) is 11.4. The highest BCUT2D eigenvalue weighted by Crippen LogP contribution is 2.08. The number of aryl methyl sites for hydroxylation is 1. The second-order valence-electron chi connectivity index (χ2n) is 4.44. The molecule has 1 aromatic carbocycles. The lowest BCUT2D eigenvalue weighted by molar-refractivity contribution is -0.117. The van der Waals surface area contributed by atoms with Crippen LogP contribution in [0.2, 0.25) is 0 Å². The van der Waals surface area contributed by atoms with Crippen LogP contribution < -0.4 is 0 Å². The van der Waals surface area contributed by atoms with Crippen molar-refractivity contribution in [2.24, 2.45) is 0 Å². The highest BCUT2D eigenvalue weighted by molar-refractivity contribution is 7.84. The molecule has 0 saturated heterocycles. The van der Waals surface area contributed by atoms with Crippen molar-refractivity contribution in [1.29, 1.82) is 0 Å². The number of carbonyl (C=O) groups is 1. The number of ketones is 1. The predicted octanol–water partition coefficient (Wildman–Crippen LogP) is 3.00. The topological polar surface area (TPSA) is 34.1 Å². The van der Waals surface area contributed by atoms with Gasteiger partial charge in [0.2, 0.25) is 0 Å². The lowest BCUT2D eigenvalue weighted by atomic mass is 10.2. The normalized spacial score (nSPS) is 12.4.